The molecule has 1 unspecified atom stereocenters. The fraction of sp³-hybridized carbons (Fsp3) is 0.667. The highest BCUT2D eigenvalue weighted by atomic mass is 15.3. The fourth-order valence-corrected chi connectivity index (χ4v) is 3.32. The summed E-state index contributed by atoms with van der Waals surface area (Å²) in [4.78, 5) is 9.72. The number of guanidine groups is 1. The van der Waals surface area contributed by atoms with Gasteiger partial charge in [-0.15, -0.1) is 0 Å². The van der Waals surface area contributed by atoms with Crippen LogP contribution in [-0.4, -0.2) is 68.6 Å². The average Bonchev–Trinajstić information content (AvgIpc) is 2.64. The van der Waals surface area contributed by atoms with Gasteiger partial charge in [-0.1, -0.05) is 44.2 Å². The summed E-state index contributed by atoms with van der Waals surface area (Å²) in [7, 11) is 2.22. The lowest BCUT2D eigenvalue weighted by Gasteiger charge is -2.40. The van der Waals surface area contributed by atoms with Gasteiger partial charge in [-0.2, -0.15) is 0 Å². The third-order valence-electron chi connectivity index (χ3n) is 4.75. The van der Waals surface area contributed by atoms with Crippen molar-refractivity contribution in [2.24, 2.45) is 10.9 Å². The minimum absolute atomic E-state index is 0.498. The standard InChI is InChI=1S/C21H37N5/c1-5-22-21(24-16-18(2)3)23-12-9-13-26-15-14-25(4)17-20(26)19-10-7-6-8-11-19/h6-8,10-11,18,20H,5,9,12-17H2,1-4H3,(H2,22,23,24). The van der Waals surface area contributed by atoms with Crippen LogP contribution in [-0.2, 0) is 0 Å². The van der Waals surface area contributed by atoms with Crippen molar-refractivity contribution in [3.8, 4) is 0 Å². The van der Waals surface area contributed by atoms with Gasteiger partial charge in [0.25, 0.3) is 0 Å². The molecule has 2 N–H and O–H groups in total. The second-order valence-corrected chi connectivity index (χ2v) is 7.62. The SMILES string of the molecule is CCNC(=NCC(C)C)NCCCN1CCN(C)CC1c1ccccc1. The molecule has 0 amide bonds. The van der Waals surface area contributed by atoms with Gasteiger partial charge in [0.2, 0.25) is 0 Å². The Morgan fingerprint density at radius 1 is 1.19 bits per heavy atom. The maximum atomic E-state index is 4.64. The first kappa shape index (κ1) is 20.7. The van der Waals surface area contributed by atoms with Gasteiger partial charge in [0, 0.05) is 51.9 Å². The lowest BCUT2D eigenvalue weighted by atomic mass is 10.0. The number of nitrogens with one attached hydrogen (secondary N) is 2. The summed E-state index contributed by atoms with van der Waals surface area (Å²) in [5, 5.41) is 6.82. The molecule has 1 aliphatic rings. The van der Waals surface area contributed by atoms with E-state index in [0.717, 1.165) is 58.2 Å². The van der Waals surface area contributed by atoms with Gasteiger partial charge in [0.15, 0.2) is 5.96 Å². The third-order valence-corrected chi connectivity index (χ3v) is 4.75. The van der Waals surface area contributed by atoms with Gasteiger partial charge in [0.05, 0.1) is 0 Å². The molecular weight excluding hydrogens is 322 g/mol. The molecule has 1 atom stereocenters. The molecule has 1 aromatic rings. The van der Waals surface area contributed by atoms with Crippen LogP contribution in [0.5, 0.6) is 0 Å². The van der Waals surface area contributed by atoms with E-state index in [1.807, 2.05) is 0 Å². The Kier molecular flexibility index (Phi) is 8.92. The molecule has 5 nitrogen and oxygen atoms in total. The number of hydrogen-bond acceptors (Lipinski definition) is 3. The third kappa shape index (κ3) is 6.96. The van der Waals surface area contributed by atoms with E-state index in [4.69, 9.17) is 0 Å². The van der Waals surface area contributed by atoms with Gasteiger partial charge < -0.3 is 15.5 Å². The maximum Gasteiger partial charge on any atom is 0.191 e. The molecule has 1 fully saturated rings. The van der Waals surface area contributed by atoms with Crippen molar-refractivity contribution in [1.29, 1.82) is 0 Å². The molecule has 146 valence electrons. The van der Waals surface area contributed by atoms with Crippen LogP contribution in [0.1, 0.15) is 38.8 Å². The van der Waals surface area contributed by atoms with Crippen LogP contribution in [0.2, 0.25) is 0 Å². The highest BCUT2D eigenvalue weighted by Crippen LogP contribution is 2.24. The second kappa shape index (κ2) is 11.2. The van der Waals surface area contributed by atoms with Gasteiger partial charge in [0.1, 0.15) is 0 Å². The molecule has 1 aromatic carbocycles. The zero-order chi connectivity index (χ0) is 18.8. The minimum atomic E-state index is 0.498. The summed E-state index contributed by atoms with van der Waals surface area (Å²) in [5.41, 5.74) is 1.43. The number of hydrogen-bond donors (Lipinski definition) is 2. The average molecular weight is 360 g/mol. The Morgan fingerprint density at radius 3 is 2.65 bits per heavy atom. The summed E-state index contributed by atoms with van der Waals surface area (Å²) in [6.45, 7) is 13.7. The highest BCUT2D eigenvalue weighted by molar-refractivity contribution is 5.79. The van der Waals surface area contributed by atoms with Crippen LogP contribution in [0.3, 0.4) is 0 Å². The van der Waals surface area contributed by atoms with E-state index < -0.39 is 0 Å². The zero-order valence-corrected chi connectivity index (χ0v) is 17.0. The molecule has 0 saturated carbocycles. The zero-order valence-electron chi connectivity index (χ0n) is 17.0. The summed E-state index contributed by atoms with van der Waals surface area (Å²) >= 11 is 0. The lowest BCUT2D eigenvalue weighted by molar-refractivity contribution is 0.0891. The Balaban J connectivity index is 1.83. The van der Waals surface area contributed by atoms with E-state index in [9.17, 15) is 0 Å². The van der Waals surface area contributed by atoms with Crippen molar-refractivity contribution in [1.82, 2.24) is 20.4 Å². The number of piperazine rings is 1. The van der Waals surface area contributed by atoms with Crippen LogP contribution in [0.4, 0.5) is 0 Å². The van der Waals surface area contributed by atoms with Crippen LogP contribution >= 0.6 is 0 Å². The number of likely N-dealkylation sites (N-methyl/N-ethyl adjacent to an activating group) is 1. The molecule has 2 rings (SSSR count). The number of benzene rings is 1. The second-order valence-electron chi connectivity index (χ2n) is 7.62. The van der Waals surface area contributed by atoms with Gasteiger partial charge in [-0.25, -0.2) is 0 Å². The molecule has 0 bridgehead atoms. The summed E-state index contributed by atoms with van der Waals surface area (Å²) < 4.78 is 0. The molecule has 5 heteroatoms. The Bertz CT molecular complexity index is 528. The summed E-state index contributed by atoms with van der Waals surface area (Å²) in [5.74, 6) is 1.53. The van der Waals surface area contributed by atoms with Crippen LogP contribution < -0.4 is 10.6 Å². The van der Waals surface area contributed by atoms with E-state index in [2.05, 4.69) is 83.6 Å². The highest BCUT2D eigenvalue weighted by Gasteiger charge is 2.25. The van der Waals surface area contributed by atoms with Crippen LogP contribution in [0.15, 0.2) is 35.3 Å². The minimum Gasteiger partial charge on any atom is -0.357 e. The molecule has 0 radical (unpaired) electrons. The van der Waals surface area contributed by atoms with Crippen molar-refractivity contribution in [2.75, 3.05) is 52.9 Å². The molecule has 1 aliphatic heterocycles. The Hall–Kier alpha value is -1.59. The van der Waals surface area contributed by atoms with E-state index in [-0.39, 0.29) is 0 Å². The van der Waals surface area contributed by atoms with E-state index in [0.29, 0.717) is 12.0 Å². The number of rotatable bonds is 8. The molecule has 1 heterocycles. The lowest BCUT2D eigenvalue weighted by Crippen LogP contribution is -2.47. The van der Waals surface area contributed by atoms with Crippen LogP contribution in [0, 0.1) is 5.92 Å². The summed E-state index contributed by atoms with van der Waals surface area (Å²) in [6, 6.07) is 11.4. The first-order valence-electron chi connectivity index (χ1n) is 10.1. The quantitative estimate of drug-likeness (QED) is 0.425. The first-order chi connectivity index (χ1) is 12.6. The van der Waals surface area contributed by atoms with Gasteiger partial charge in [-0.05, 0) is 31.9 Å². The summed E-state index contributed by atoms with van der Waals surface area (Å²) in [6.07, 6.45) is 1.12. The molecular formula is C21H37N5. The van der Waals surface area contributed by atoms with Crippen molar-refractivity contribution < 1.29 is 0 Å². The van der Waals surface area contributed by atoms with Gasteiger partial charge in [-0.3, -0.25) is 9.89 Å². The predicted octanol–water partition coefficient (Wildman–Crippen LogP) is 2.58. The van der Waals surface area contributed by atoms with Crippen molar-refractivity contribution in [3.63, 3.8) is 0 Å². The Morgan fingerprint density at radius 2 is 1.96 bits per heavy atom. The smallest absolute Gasteiger partial charge is 0.191 e. The van der Waals surface area contributed by atoms with Gasteiger partial charge >= 0.3 is 0 Å². The van der Waals surface area contributed by atoms with Crippen molar-refractivity contribution in [3.05, 3.63) is 35.9 Å². The topological polar surface area (TPSA) is 42.9 Å². The van der Waals surface area contributed by atoms with E-state index >= 15 is 0 Å². The molecule has 26 heavy (non-hydrogen) atoms. The number of aliphatic imine (C=N–C) groups is 1. The largest absolute Gasteiger partial charge is 0.357 e. The molecule has 0 spiro atoms. The predicted molar refractivity (Wildman–Crippen MR) is 112 cm³/mol. The van der Waals surface area contributed by atoms with Crippen molar-refractivity contribution in [2.45, 2.75) is 33.2 Å². The molecule has 1 saturated heterocycles. The molecule has 0 aliphatic carbocycles. The normalized spacial score (nSPS) is 19.7. The maximum absolute atomic E-state index is 4.64. The van der Waals surface area contributed by atoms with E-state index in [1.54, 1.807) is 0 Å². The van der Waals surface area contributed by atoms with Crippen LogP contribution in [0.25, 0.3) is 0 Å². The van der Waals surface area contributed by atoms with E-state index in [1.165, 1.54) is 5.56 Å². The monoisotopic (exact) mass is 359 g/mol. The molecule has 0 aromatic heterocycles. The fourth-order valence-electron chi connectivity index (χ4n) is 3.32. The first-order valence-corrected chi connectivity index (χ1v) is 10.1. The van der Waals surface area contributed by atoms with Crippen molar-refractivity contribution >= 4 is 5.96 Å². The number of nitrogens with zero attached hydrogens (tertiary/aromatic N) is 3. The Labute approximate surface area is 159 Å².